The van der Waals surface area contributed by atoms with Gasteiger partial charge in [0.25, 0.3) is 0 Å². The number of nitrogen functional groups attached to an aromatic ring is 1. The lowest BCUT2D eigenvalue weighted by molar-refractivity contribution is 0.277. The van der Waals surface area contributed by atoms with Crippen LogP contribution in [-0.2, 0) is 10.0 Å². The smallest absolute Gasteiger partial charge is 0.245 e. The molecule has 0 heterocycles. The lowest BCUT2D eigenvalue weighted by atomic mass is 10.1. The third-order valence-electron chi connectivity index (χ3n) is 3.45. The summed E-state index contributed by atoms with van der Waals surface area (Å²) in [5, 5.41) is 0. The van der Waals surface area contributed by atoms with Crippen LogP contribution in [0.1, 0.15) is 40.5 Å². The number of nitrogens with two attached hydrogens (primary N) is 1. The zero-order valence-corrected chi connectivity index (χ0v) is 15.5. The van der Waals surface area contributed by atoms with Gasteiger partial charge in [0.05, 0.1) is 5.69 Å². The number of nitrogens with zero attached hydrogens (tertiary/aromatic N) is 1. The molecular weight excluding hydrogens is 352 g/mol. The molecule has 4 nitrogen and oxygen atoms in total. The van der Waals surface area contributed by atoms with Gasteiger partial charge in [-0.25, -0.2) is 8.42 Å². The maximum Gasteiger partial charge on any atom is 0.245 e. The van der Waals surface area contributed by atoms with Crippen molar-refractivity contribution in [1.29, 1.82) is 0 Å². The Morgan fingerprint density at radius 3 is 2.24 bits per heavy atom. The topological polar surface area (TPSA) is 63.4 Å². The minimum absolute atomic E-state index is 0.000414. The van der Waals surface area contributed by atoms with Crippen LogP contribution in [0.5, 0.6) is 0 Å². The van der Waals surface area contributed by atoms with Crippen molar-refractivity contribution in [2.75, 3.05) is 12.3 Å². The maximum atomic E-state index is 13.0. The average Bonchev–Trinajstić information content (AvgIpc) is 2.38. The highest BCUT2D eigenvalue weighted by atomic mass is 79.9. The van der Waals surface area contributed by atoms with Crippen molar-refractivity contribution < 1.29 is 8.42 Å². The summed E-state index contributed by atoms with van der Waals surface area (Å²) in [5.74, 6) is 0.261. The number of benzene rings is 1. The fourth-order valence-electron chi connectivity index (χ4n) is 2.38. The molecule has 0 unspecified atom stereocenters. The number of rotatable bonds is 7. The van der Waals surface area contributed by atoms with Crippen LogP contribution in [-0.4, -0.2) is 25.3 Å². The van der Waals surface area contributed by atoms with Crippen LogP contribution in [0, 0.1) is 5.92 Å². The number of hydrogen-bond donors (Lipinski definition) is 1. The summed E-state index contributed by atoms with van der Waals surface area (Å²) in [6.45, 7) is 8.58. The van der Waals surface area contributed by atoms with Gasteiger partial charge in [0.1, 0.15) is 4.90 Å². The Hall–Kier alpha value is -0.590. The summed E-state index contributed by atoms with van der Waals surface area (Å²) in [6.07, 6.45) is 1.58. The zero-order valence-electron chi connectivity index (χ0n) is 13.1. The van der Waals surface area contributed by atoms with Gasteiger partial charge in [0.2, 0.25) is 10.0 Å². The van der Waals surface area contributed by atoms with Crippen molar-refractivity contribution in [1.82, 2.24) is 4.31 Å². The third-order valence-corrected chi connectivity index (χ3v) is 5.94. The largest absolute Gasteiger partial charge is 0.398 e. The van der Waals surface area contributed by atoms with E-state index in [9.17, 15) is 8.42 Å². The first-order valence-electron chi connectivity index (χ1n) is 7.30. The van der Waals surface area contributed by atoms with Crippen molar-refractivity contribution in [2.45, 2.75) is 51.5 Å². The van der Waals surface area contributed by atoms with Crippen molar-refractivity contribution in [3.63, 3.8) is 0 Å². The molecule has 0 fully saturated rings. The van der Waals surface area contributed by atoms with E-state index in [2.05, 4.69) is 15.9 Å². The third kappa shape index (κ3) is 4.44. The molecule has 0 saturated heterocycles. The van der Waals surface area contributed by atoms with Gasteiger partial charge < -0.3 is 5.73 Å². The molecule has 0 saturated carbocycles. The number of halogens is 1. The van der Waals surface area contributed by atoms with Crippen LogP contribution in [0.15, 0.2) is 27.6 Å². The summed E-state index contributed by atoms with van der Waals surface area (Å²) in [6, 6.07) is 4.92. The highest BCUT2D eigenvalue weighted by molar-refractivity contribution is 9.10. The van der Waals surface area contributed by atoms with Crippen LogP contribution < -0.4 is 5.73 Å². The number of sulfonamides is 1. The molecule has 1 aromatic carbocycles. The first-order chi connectivity index (χ1) is 9.73. The molecule has 0 bridgehead atoms. The second-order valence-electron chi connectivity index (χ2n) is 5.62. The van der Waals surface area contributed by atoms with Crippen LogP contribution in [0.25, 0.3) is 0 Å². The fourth-order valence-corrected chi connectivity index (χ4v) is 4.79. The lowest BCUT2D eigenvalue weighted by Gasteiger charge is -2.31. The molecule has 0 aromatic heterocycles. The molecule has 0 aliphatic carbocycles. The highest BCUT2D eigenvalue weighted by Crippen LogP contribution is 2.28. The van der Waals surface area contributed by atoms with Crippen LogP contribution >= 0.6 is 15.9 Å². The van der Waals surface area contributed by atoms with Gasteiger partial charge in [-0.3, -0.25) is 0 Å². The van der Waals surface area contributed by atoms with Gasteiger partial charge in [0, 0.05) is 17.1 Å². The Labute approximate surface area is 136 Å². The predicted octanol–water partition coefficient (Wildman–Crippen LogP) is 3.87. The van der Waals surface area contributed by atoms with Gasteiger partial charge in [-0.05, 0) is 37.0 Å². The van der Waals surface area contributed by atoms with E-state index in [1.54, 1.807) is 22.5 Å². The molecule has 120 valence electrons. The van der Waals surface area contributed by atoms with Gasteiger partial charge in [0.15, 0.2) is 0 Å². The van der Waals surface area contributed by atoms with E-state index in [4.69, 9.17) is 5.73 Å². The molecule has 0 aliphatic rings. The normalized spacial score (nSPS) is 12.6. The second-order valence-corrected chi connectivity index (χ2v) is 8.40. The van der Waals surface area contributed by atoms with Crippen molar-refractivity contribution in [3.05, 3.63) is 22.7 Å². The quantitative estimate of drug-likeness (QED) is 0.734. The number of hydrogen-bond acceptors (Lipinski definition) is 3. The van der Waals surface area contributed by atoms with E-state index in [0.717, 1.165) is 17.3 Å². The minimum Gasteiger partial charge on any atom is -0.398 e. The summed E-state index contributed by atoms with van der Waals surface area (Å²) >= 11 is 3.31. The monoisotopic (exact) mass is 376 g/mol. The van der Waals surface area contributed by atoms with Gasteiger partial charge >= 0.3 is 0 Å². The molecule has 0 amide bonds. The van der Waals surface area contributed by atoms with E-state index in [0.29, 0.717) is 6.54 Å². The summed E-state index contributed by atoms with van der Waals surface area (Å²) in [5.41, 5.74) is 6.20. The molecule has 1 aromatic rings. The maximum absolute atomic E-state index is 13.0. The van der Waals surface area contributed by atoms with E-state index in [-0.39, 0.29) is 22.5 Å². The van der Waals surface area contributed by atoms with E-state index >= 15 is 0 Å². The molecule has 0 spiro atoms. The van der Waals surface area contributed by atoms with Crippen LogP contribution in [0.3, 0.4) is 0 Å². The Morgan fingerprint density at radius 1 is 1.24 bits per heavy atom. The fraction of sp³-hybridized carbons (Fsp3) is 0.600. The standard InChI is InChI=1S/C15H25BrN2O2S/c1-5-13(6-2)18(10-11(3)4)21(19,20)15-8-7-12(16)9-14(15)17/h7-9,11,13H,5-6,10,17H2,1-4H3. The Bertz CT molecular complexity index is 569. The van der Waals surface area contributed by atoms with E-state index < -0.39 is 10.0 Å². The van der Waals surface area contributed by atoms with Gasteiger partial charge in [-0.1, -0.05) is 43.6 Å². The van der Waals surface area contributed by atoms with Gasteiger partial charge in [-0.2, -0.15) is 4.31 Å². The molecule has 1 rings (SSSR count). The summed E-state index contributed by atoms with van der Waals surface area (Å²) in [7, 11) is -3.58. The van der Waals surface area contributed by atoms with Crippen LogP contribution in [0.2, 0.25) is 0 Å². The number of anilines is 1. The molecular formula is C15H25BrN2O2S. The SMILES string of the molecule is CCC(CC)N(CC(C)C)S(=O)(=O)c1ccc(Br)cc1N. The summed E-state index contributed by atoms with van der Waals surface area (Å²) < 4.78 is 28.4. The first kappa shape index (κ1) is 18.5. The molecule has 0 aliphatic heterocycles. The van der Waals surface area contributed by atoms with E-state index in [1.165, 1.54) is 0 Å². The van der Waals surface area contributed by atoms with E-state index in [1.807, 2.05) is 27.7 Å². The molecule has 0 atom stereocenters. The second kappa shape index (κ2) is 7.61. The predicted molar refractivity (Wildman–Crippen MR) is 91.7 cm³/mol. The summed E-state index contributed by atoms with van der Waals surface area (Å²) in [4.78, 5) is 0.193. The molecule has 6 heteroatoms. The first-order valence-corrected chi connectivity index (χ1v) is 9.54. The average molecular weight is 377 g/mol. The Balaban J connectivity index is 3.32. The zero-order chi connectivity index (χ0) is 16.2. The van der Waals surface area contributed by atoms with Crippen molar-refractivity contribution in [3.8, 4) is 0 Å². The Morgan fingerprint density at radius 2 is 1.81 bits per heavy atom. The lowest BCUT2D eigenvalue weighted by Crippen LogP contribution is -2.42. The van der Waals surface area contributed by atoms with Crippen molar-refractivity contribution in [2.24, 2.45) is 5.92 Å². The highest BCUT2D eigenvalue weighted by Gasteiger charge is 2.31. The minimum atomic E-state index is -3.58. The molecule has 2 N–H and O–H groups in total. The van der Waals surface area contributed by atoms with Crippen LogP contribution in [0.4, 0.5) is 5.69 Å². The van der Waals surface area contributed by atoms with Crippen molar-refractivity contribution >= 4 is 31.6 Å². The Kier molecular flexibility index (Phi) is 6.69. The molecule has 0 radical (unpaired) electrons. The van der Waals surface area contributed by atoms with Gasteiger partial charge in [-0.15, -0.1) is 0 Å². The molecule has 21 heavy (non-hydrogen) atoms.